The third-order valence-electron chi connectivity index (χ3n) is 3.68. The van der Waals surface area contributed by atoms with Gasteiger partial charge in [0, 0.05) is 19.1 Å². The summed E-state index contributed by atoms with van der Waals surface area (Å²) in [5.74, 6) is 1.84. The Kier molecular flexibility index (Phi) is 7.87. The molecule has 0 aromatic rings. The smallest absolute Gasteiger partial charge is 0.191 e. The average molecular weight is 268 g/mol. The molecule has 2 N–H and O–H groups in total. The molecule has 1 aliphatic rings. The fourth-order valence-electron chi connectivity index (χ4n) is 2.32. The van der Waals surface area contributed by atoms with E-state index in [9.17, 15) is 0 Å². The molecular weight excluding hydrogens is 236 g/mol. The minimum absolute atomic E-state index is 0.603. The number of rotatable bonds is 9. The fraction of sp³-hybridized carbons (Fsp3) is 0.933. The van der Waals surface area contributed by atoms with Crippen LogP contribution in [0.2, 0.25) is 0 Å². The summed E-state index contributed by atoms with van der Waals surface area (Å²) < 4.78 is 0. The molecule has 0 aromatic carbocycles. The molecular formula is C15H32N4. The van der Waals surface area contributed by atoms with Gasteiger partial charge in [-0.3, -0.25) is 4.99 Å². The second-order valence-electron chi connectivity index (χ2n) is 5.72. The molecule has 0 aliphatic heterocycles. The Balaban J connectivity index is 2.37. The van der Waals surface area contributed by atoms with Crippen LogP contribution in [0.15, 0.2) is 4.99 Å². The van der Waals surface area contributed by atoms with Crippen molar-refractivity contribution < 1.29 is 0 Å². The lowest BCUT2D eigenvalue weighted by Crippen LogP contribution is -2.40. The maximum Gasteiger partial charge on any atom is 0.191 e. The van der Waals surface area contributed by atoms with Crippen molar-refractivity contribution in [1.29, 1.82) is 0 Å². The van der Waals surface area contributed by atoms with E-state index in [1.807, 2.05) is 0 Å². The van der Waals surface area contributed by atoms with E-state index < -0.39 is 0 Å². The highest BCUT2D eigenvalue weighted by Gasteiger charge is 2.32. The van der Waals surface area contributed by atoms with Gasteiger partial charge in [-0.25, -0.2) is 0 Å². The van der Waals surface area contributed by atoms with Gasteiger partial charge in [0.05, 0.1) is 6.54 Å². The predicted octanol–water partition coefficient (Wildman–Crippen LogP) is 2.07. The maximum absolute atomic E-state index is 4.75. The van der Waals surface area contributed by atoms with Crippen LogP contribution in [0.3, 0.4) is 0 Å². The zero-order valence-corrected chi connectivity index (χ0v) is 13.2. The van der Waals surface area contributed by atoms with E-state index in [0.29, 0.717) is 6.04 Å². The number of nitrogens with zero attached hydrogens (tertiary/aromatic N) is 2. The number of nitrogens with one attached hydrogen (secondary N) is 2. The van der Waals surface area contributed by atoms with Gasteiger partial charge < -0.3 is 15.5 Å². The highest BCUT2D eigenvalue weighted by molar-refractivity contribution is 5.79. The van der Waals surface area contributed by atoms with E-state index in [2.05, 4.69) is 43.5 Å². The van der Waals surface area contributed by atoms with E-state index in [4.69, 9.17) is 4.99 Å². The summed E-state index contributed by atoms with van der Waals surface area (Å²) in [4.78, 5) is 7.07. The van der Waals surface area contributed by atoms with Crippen LogP contribution < -0.4 is 10.6 Å². The molecule has 0 spiro atoms. The molecule has 0 radical (unpaired) electrons. The Labute approximate surface area is 119 Å². The van der Waals surface area contributed by atoms with Crippen molar-refractivity contribution in [2.45, 2.75) is 52.0 Å². The number of hydrogen-bond donors (Lipinski definition) is 2. The molecule has 0 amide bonds. The summed E-state index contributed by atoms with van der Waals surface area (Å²) >= 11 is 0. The Morgan fingerprint density at radius 3 is 2.47 bits per heavy atom. The van der Waals surface area contributed by atoms with Crippen LogP contribution in [-0.4, -0.2) is 50.6 Å². The molecule has 0 heterocycles. The SMILES string of the molecule is CCCCCNC(=NCC(C1CC1)N(C)C)NCC. The lowest BCUT2D eigenvalue weighted by Gasteiger charge is -2.22. The molecule has 0 aromatic heterocycles. The van der Waals surface area contributed by atoms with Crippen molar-refractivity contribution in [3.8, 4) is 0 Å². The first kappa shape index (κ1) is 16.3. The van der Waals surface area contributed by atoms with Gasteiger partial charge in [-0.15, -0.1) is 0 Å². The van der Waals surface area contributed by atoms with Crippen LogP contribution in [0.5, 0.6) is 0 Å². The van der Waals surface area contributed by atoms with E-state index in [1.54, 1.807) is 0 Å². The molecule has 0 bridgehead atoms. The second kappa shape index (κ2) is 9.18. The molecule has 1 fully saturated rings. The van der Waals surface area contributed by atoms with Crippen molar-refractivity contribution in [2.24, 2.45) is 10.9 Å². The first-order chi connectivity index (χ1) is 9.19. The Morgan fingerprint density at radius 2 is 1.95 bits per heavy atom. The van der Waals surface area contributed by atoms with Crippen molar-refractivity contribution in [3.05, 3.63) is 0 Å². The standard InChI is InChI=1S/C15H32N4/c1-5-7-8-11-17-15(16-6-2)18-12-14(19(3)4)13-9-10-13/h13-14H,5-12H2,1-4H3,(H2,16,17,18). The van der Waals surface area contributed by atoms with Gasteiger partial charge in [0.25, 0.3) is 0 Å². The third-order valence-corrected chi connectivity index (χ3v) is 3.68. The zero-order valence-electron chi connectivity index (χ0n) is 13.2. The van der Waals surface area contributed by atoms with Crippen LogP contribution in [0.4, 0.5) is 0 Å². The van der Waals surface area contributed by atoms with Crippen molar-refractivity contribution in [1.82, 2.24) is 15.5 Å². The van der Waals surface area contributed by atoms with Crippen LogP contribution in [0.1, 0.15) is 46.0 Å². The minimum atomic E-state index is 0.603. The van der Waals surface area contributed by atoms with E-state index in [1.165, 1.54) is 32.1 Å². The molecule has 19 heavy (non-hydrogen) atoms. The van der Waals surface area contributed by atoms with E-state index in [0.717, 1.165) is 31.5 Å². The topological polar surface area (TPSA) is 39.7 Å². The molecule has 4 nitrogen and oxygen atoms in total. The lowest BCUT2D eigenvalue weighted by molar-refractivity contribution is 0.271. The van der Waals surface area contributed by atoms with Gasteiger partial charge in [-0.05, 0) is 46.2 Å². The van der Waals surface area contributed by atoms with Crippen LogP contribution in [0.25, 0.3) is 0 Å². The van der Waals surface area contributed by atoms with E-state index >= 15 is 0 Å². The molecule has 1 rings (SSSR count). The third kappa shape index (κ3) is 6.81. The van der Waals surface area contributed by atoms with Crippen LogP contribution in [-0.2, 0) is 0 Å². The quantitative estimate of drug-likeness (QED) is 0.382. The fourth-order valence-corrected chi connectivity index (χ4v) is 2.32. The van der Waals surface area contributed by atoms with Crippen molar-refractivity contribution >= 4 is 5.96 Å². The summed E-state index contributed by atoms with van der Waals surface area (Å²) in [7, 11) is 4.33. The predicted molar refractivity (Wildman–Crippen MR) is 83.7 cm³/mol. The lowest BCUT2D eigenvalue weighted by atomic mass is 10.2. The van der Waals surface area contributed by atoms with Gasteiger partial charge >= 0.3 is 0 Å². The summed E-state index contributed by atoms with van der Waals surface area (Å²) in [5.41, 5.74) is 0. The maximum atomic E-state index is 4.75. The van der Waals surface area contributed by atoms with Crippen LogP contribution >= 0.6 is 0 Å². The van der Waals surface area contributed by atoms with E-state index in [-0.39, 0.29) is 0 Å². The molecule has 1 atom stereocenters. The monoisotopic (exact) mass is 268 g/mol. The summed E-state index contributed by atoms with van der Waals surface area (Å²) in [6.07, 6.45) is 6.52. The molecule has 0 saturated heterocycles. The van der Waals surface area contributed by atoms with Crippen LogP contribution in [0, 0.1) is 5.92 Å². The molecule has 1 unspecified atom stereocenters. The zero-order chi connectivity index (χ0) is 14.1. The average Bonchev–Trinajstić information content (AvgIpc) is 3.18. The van der Waals surface area contributed by atoms with Gasteiger partial charge in [0.1, 0.15) is 0 Å². The molecule has 1 saturated carbocycles. The Morgan fingerprint density at radius 1 is 1.21 bits per heavy atom. The van der Waals surface area contributed by atoms with Gasteiger partial charge in [0.2, 0.25) is 0 Å². The minimum Gasteiger partial charge on any atom is -0.357 e. The highest BCUT2D eigenvalue weighted by Crippen LogP contribution is 2.34. The molecule has 112 valence electrons. The molecule has 1 aliphatic carbocycles. The van der Waals surface area contributed by atoms with Crippen molar-refractivity contribution in [3.63, 3.8) is 0 Å². The number of likely N-dealkylation sites (N-methyl/N-ethyl adjacent to an activating group) is 1. The Bertz CT molecular complexity index is 257. The summed E-state index contributed by atoms with van der Waals surface area (Å²) in [6.45, 7) is 7.20. The first-order valence-corrected chi connectivity index (χ1v) is 7.87. The summed E-state index contributed by atoms with van der Waals surface area (Å²) in [6, 6.07) is 0.603. The normalized spacial score (nSPS) is 17.6. The number of aliphatic imine (C=N–C) groups is 1. The number of unbranched alkanes of at least 4 members (excludes halogenated alkanes) is 2. The number of hydrogen-bond acceptors (Lipinski definition) is 2. The number of guanidine groups is 1. The van der Waals surface area contributed by atoms with Crippen molar-refractivity contribution in [2.75, 3.05) is 33.7 Å². The van der Waals surface area contributed by atoms with Gasteiger partial charge in [-0.2, -0.15) is 0 Å². The Hall–Kier alpha value is -0.770. The van der Waals surface area contributed by atoms with Gasteiger partial charge in [-0.1, -0.05) is 19.8 Å². The second-order valence-corrected chi connectivity index (χ2v) is 5.72. The first-order valence-electron chi connectivity index (χ1n) is 7.87. The summed E-state index contributed by atoms with van der Waals surface area (Å²) in [5, 5.41) is 6.76. The highest BCUT2D eigenvalue weighted by atomic mass is 15.2. The largest absolute Gasteiger partial charge is 0.357 e. The van der Waals surface area contributed by atoms with Gasteiger partial charge in [0.15, 0.2) is 5.96 Å². The molecule has 4 heteroatoms.